The molecule has 1 amide bonds. The highest BCUT2D eigenvalue weighted by Gasteiger charge is 2.27. The molecule has 0 bridgehead atoms. The number of quaternary nitrogens is 2. The fourth-order valence-electron chi connectivity index (χ4n) is 3.39. The van der Waals surface area contributed by atoms with Crippen molar-refractivity contribution in [3.8, 4) is 11.5 Å². The van der Waals surface area contributed by atoms with Crippen LogP contribution in [-0.4, -0.2) is 51.0 Å². The van der Waals surface area contributed by atoms with Gasteiger partial charge >= 0.3 is 0 Å². The number of amides is 1. The van der Waals surface area contributed by atoms with Crippen LogP contribution in [0.5, 0.6) is 11.5 Å². The van der Waals surface area contributed by atoms with Crippen molar-refractivity contribution in [3.05, 3.63) is 23.8 Å². The van der Waals surface area contributed by atoms with E-state index in [2.05, 4.69) is 38.2 Å². The summed E-state index contributed by atoms with van der Waals surface area (Å²) in [4.78, 5) is 15.2. The minimum atomic E-state index is -0.108. The number of hydrogen-bond donors (Lipinski definition) is 3. The molecular weight excluding hydrogens is 318 g/mol. The molecule has 6 nitrogen and oxygen atoms in total. The van der Waals surface area contributed by atoms with Crippen molar-refractivity contribution in [2.75, 3.05) is 39.5 Å². The lowest BCUT2D eigenvalue weighted by Crippen LogP contribution is -3.28. The first-order chi connectivity index (χ1) is 11.9. The molecule has 2 heterocycles. The lowest BCUT2D eigenvalue weighted by atomic mass is 10.0. The highest BCUT2D eigenvalue weighted by Crippen LogP contribution is 2.32. The molecule has 25 heavy (non-hydrogen) atoms. The van der Waals surface area contributed by atoms with Crippen molar-refractivity contribution < 1.29 is 24.1 Å². The molecule has 0 radical (unpaired) electrons. The second-order valence-corrected chi connectivity index (χ2v) is 7.83. The summed E-state index contributed by atoms with van der Waals surface area (Å²) in [5.41, 5.74) is 1.17. The van der Waals surface area contributed by atoms with E-state index >= 15 is 0 Å². The van der Waals surface area contributed by atoms with Gasteiger partial charge in [-0.3, -0.25) is 4.79 Å². The van der Waals surface area contributed by atoms with Gasteiger partial charge in [-0.15, -0.1) is 0 Å². The molecule has 0 unspecified atom stereocenters. The van der Waals surface area contributed by atoms with Crippen molar-refractivity contribution in [1.29, 1.82) is 0 Å². The Morgan fingerprint density at radius 2 is 1.80 bits per heavy atom. The maximum atomic E-state index is 12.2. The van der Waals surface area contributed by atoms with E-state index in [-0.39, 0.29) is 11.4 Å². The Balaban J connectivity index is 1.43. The largest absolute Gasteiger partial charge is 0.454 e. The van der Waals surface area contributed by atoms with Gasteiger partial charge in [-0.1, -0.05) is 6.92 Å². The van der Waals surface area contributed by atoms with Gasteiger partial charge in [-0.05, 0) is 38.5 Å². The average molecular weight is 349 g/mol. The minimum absolute atomic E-state index is 0.108. The molecule has 1 saturated heterocycles. The summed E-state index contributed by atoms with van der Waals surface area (Å²) in [7, 11) is 0. The first-order valence-electron chi connectivity index (χ1n) is 9.32. The third-order valence-electron chi connectivity index (χ3n) is 5.33. The molecule has 2 aliphatic rings. The molecule has 3 N–H and O–H groups in total. The van der Waals surface area contributed by atoms with Crippen LogP contribution in [0.25, 0.3) is 0 Å². The van der Waals surface area contributed by atoms with Gasteiger partial charge in [0.25, 0.3) is 5.91 Å². The molecule has 2 aliphatic heterocycles. The summed E-state index contributed by atoms with van der Waals surface area (Å²) in [6.07, 6.45) is 0.946. The monoisotopic (exact) mass is 349 g/mol. The lowest BCUT2D eigenvalue weighted by molar-refractivity contribution is -1.02. The van der Waals surface area contributed by atoms with Gasteiger partial charge in [-0.2, -0.15) is 0 Å². The normalized spacial score (nSPS) is 22.7. The van der Waals surface area contributed by atoms with Crippen LogP contribution in [-0.2, 0) is 11.3 Å². The molecule has 1 fully saturated rings. The molecule has 0 saturated carbocycles. The van der Waals surface area contributed by atoms with E-state index in [0.717, 1.165) is 50.6 Å². The van der Waals surface area contributed by atoms with Crippen molar-refractivity contribution in [2.45, 2.75) is 39.3 Å². The molecule has 0 aromatic heterocycles. The van der Waals surface area contributed by atoms with Gasteiger partial charge in [0.2, 0.25) is 6.79 Å². The predicted molar refractivity (Wildman–Crippen MR) is 95.0 cm³/mol. The topological polar surface area (TPSA) is 56.4 Å². The summed E-state index contributed by atoms with van der Waals surface area (Å²) < 4.78 is 10.8. The molecule has 3 rings (SSSR count). The van der Waals surface area contributed by atoms with Gasteiger partial charge in [0, 0.05) is 11.1 Å². The Labute approximate surface area is 150 Å². The van der Waals surface area contributed by atoms with Crippen LogP contribution in [0, 0.1) is 0 Å². The van der Waals surface area contributed by atoms with Crippen molar-refractivity contribution in [1.82, 2.24) is 5.32 Å². The van der Waals surface area contributed by atoms with E-state index in [1.165, 1.54) is 10.5 Å². The number of carbonyl (C=O) groups excluding carboxylic acids is 1. The fourth-order valence-corrected chi connectivity index (χ4v) is 3.39. The van der Waals surface area contributed by atoms with E-state index in [1.807, 2.05) is 6.07 Å². The highest BCUT2D eigenvalue weighted by molar-refractivity contribution is 5.77. The van der Waals surface area contributed by atoms with E-state index < -0.39 is 0 Å². The van der Waals surface area contributed by atoms with Crippen molar-refractivity contribution >= 4 is 5.91 Å². The number of benzene rings is 1. The number of nitrogens with one attached hydrogen (secondary N) is 3. The van der Waals surface area contributed by atoms with E-state index in [1.54, 1.807) is 4.90 Å². The summed E-state index contributed by atoms with van der Waals surface area (Å²) in [5, 5.41) is 3.14. The van der Waals surface area contributed by atoms with Crippen LogP contribution in [0.15, 0.2) is 18.2 Å². The first-order valence-corrected chi connectivity index (χ1v) is 9.32. The molecule has 0 aliphatic carbocycles. The van der Waals surface area contributed by atoms with Crippen LogP contribution in [0.1, 0.15) is 32.8 Å². The number of hydrogen-bond acceptors (Lipinski definition) is 3. The quantitative estimate of drug-likeness (QED) is 0.618. The zero-order chi connectivity index (χ0) is 17.9. The van der Waals surface area contributed by atoms with Crippen LogP contribution < -0.4 is 24.6 Å². The summed E-state index contributed by atoms with van der Waals surface area (Å²) in [6.45, 7) is 12.4. The first kappa shape index (κ1) is 18.0. The highest BCUT2D eigenvalue weighted by atomic mass is 16.7. The number of fused-ring (bicyclic) bond motifs is 1. The molecular formula is C19H31N3O3+2. The number of ether oxygens (including phenoxy) is 2. The molecule has 0 spiro atoms. The van der Waals surface area contributed by atoms with Crippen LogP contribution in [0.4, 0.5) is 0 Å². The smallest absolute Gasteiger partial charge is 0.275 e. The van der Waals surface area contributed by atoms with E-state index in [4.69, 9.17) is 9.47 Å². The Kier molecular flexibility index (Phi) is 5.49. The maximum Gasteiger partial charge on any atom is 0.275 e. The van der Waals surface area contributed by atoms with E-state index in [9.17, 15) is 4.79 Å². The molecule has 1 aromatic carbocycles. The summed E-state index contributed by atoms with van der Waals surface area (Å²) >= 11 is 0. The Bertz CT molecular complexity index is 610. The zero-order valence-corrected chi connectivity index (χ0v) is 15.6. The molecule has 1 aromatic rings. The third kappa shape index (κ3) is 4.86. The van der Waals surface area contributed by atoms with Gasteiger partial charge in [0.15, 0.2) is 18.0 Å². The Morgan fingerprint density at radius 3 is 2.52 bits per heavy atom. The van der Waals surface area contributed by atoms with Crippen LogP contribution >= 0.6 is 0 Å². The van der Waals surface area contributed by atoms with Gasteiger partial charge in [0.05, 0.1) is 0 Å². The summed E-state index contributed by atoms with van der Waals surface area (Å²) in [6, 6.07) is 6.22. The molecule has 6 heteroatoms. The minimum Gasteiger partial charge on any atom is -0.454 e. The third-order valence-corrected chi connectivity index (χ3v) is 5.33. The predicted octanol–water partition coefficient (Wildman–Crippen LogP) is -0.996. The van der Waals surface area contributed by atoms with Crippen molar-refractivity contribution in [3.63, 3.8) is 0 Å². The van der Waals surface area contributed by atoms with Crippen molar-refractivity contribution in [2.24, 2.45) is 0 Å². The Morgan fingerprint density at radius 1 is 1.12 bits per heavy atom. The Hall–Kier alpha value is -1.79. The average Bonchev–Trinajstić information content (AvgIpc) is 3.04. The standard InChI is InChI=1S/C19H29N3O3/c1-4-19(2,3)20-18(23)13-22-9-7-21(8-10-22)12-15-5-6-16-17(11-15)25-14-24-16/h5-6,11H,4,7-10,12-14H2,1-3H3,(H,20,23)/p+2. The number of carbonyl (C=O) groups is 1. The zero-order valence-electron chi connectivity index (χ0n) is 15.6. The van der Waals surface area contributed by atoms with E-state index in [0.29, 0.717) is 13.3 Å². The lowest BCUT2D eigenvalue weighted by Gasteiger charge is -2.31. The van der Waals surface area contributed by atoms with Crippen LogP contribution in [0.2, 0.25) is 0 Å². The molecule has 0 atom stereocenters. The van der Waals surface area contributed by atoms with Gasteiger partial charge in [0.1, 0.15) is 32.7 Å². The SMILES string of the molecule is CCC(C)(C)NC(=O)C[NH+]1CC[NH+](Cc2ccc3c(c2)OCO3)CC1. The number of rotatable bonds is 6. The fraction of sp³-hybridized carbons (Fsp3) is 0.632. The second kappa shape index (κ2) is 7.62. The van der Waals surface area contributed by atoms with Gasteiger partial charge < -0.3 is 24.6 Å². The number of piperazine rings is 1. The van der Waals surface area contributed by atoms with Crippen LogP contribution in [0.3, 0.4) is 0 Å². The van der Waals surface area contributed by atoms with Gasteiger partial charge in [-0.25, -0.2) is 0 Å². The maximum absolute atomic E-state index is 12.2. The second-order valence-electron chi connectivity index (χ2n) is 7.83. The summed E-state index contributed by atoms with van der Waals surface area (Å²) in [5.74, 6) is 1.87. The molecule has 138 valence electrons.